The van der Waals surface area contributed by atoms with Crippen molar-refractivity contribution in [2.45, 2.75) is 30.8 Å². The molecule has 20 heavy (non-hydrogen) atoms. The predicted octanol–water partition coefficient (Wildman–Crippen LogP) is -0.597. The Bertz CT molecular complexity index is 594. The van der Waals surface area contributed by atoms with Gasteiger partial charge in [0.2, 0.25) is 0 Å². The Labute approximate surface area is 115 Å². The number of aryl methyl sites for hydroxylation is 1. The summed E-state index contributed by atoms with van der Waals surface area (Å²) in [5, 5.41) is 8.73. The van der Waals surface area contributed by atoms with Gasteiger partial charge >= 0.3 is 11.9 Å². The molecule has 0 aliphatic heterocycles. The van der Waals surface area contributed by atoms with Crippen molar-refractivity contribution in [2.75, 3.05) is 7.11 Å². The first-order valence-corrected chi connectivity index (χ1v) is 7.08. The lowest BCUT2D eigenvalue weighted by Gasteiger charge is -2.13. The zero-order chi connectivity index (χ0) is 15.3. The Balaban J connectivity index is 2.80. The van der Waals surface area contributed by atoms with E-state index >= 15 is 0 Å². The molecule has 1 rings (SSSR count). The third-order valence-corrected chi connectivity index (χ3v) is 3.81. The van der Waals surface area contributed by atoms with Crippen LogP contribution in [-0.4, -0.2) is 48.6 Å². The highest BCUT2D eigenvalue weighted by molar-refractivity contribution is 7.89. The molecule has 1 aromatic rings. The minimum Gasteiger partial charge on any atom is -0.480 e. The number of carboxylic acid groups (broad SMARTS) is 1. The second-order valence-electron chi connectivity index (χ2n) is 3.96. The van der Waals surface area contributed by atoms with Gasteiger partial charge in [0.1, 0.15) is 11.9 Å². The van der Waals surface area contributed by atoms with E-state index in [0.717, 1.165) is 13.3 Å². The third kappa shape index (κ3) is 4.31. The molecule has 0 bridgehead atoms. The van der Waals surface area contributed by atoms with Crippen LogP contribution in [0.5, 0.6) is 0 Å². The van der Waals surface area contributed by atoms with Crippen LogP contribution in [0.2, 0.25) is 0 Å². The number of rotatable bonds is 7. The molecule has 0 aliphatic carbocycles. The number of nitrogens with zero attached hydrogens (tertiary/aromatic N) is 1. The molecule has 0 saturated carbocycles. The molecule has 1 atom stereocenters. The summed E-state index contributed by atoms with van der Waals surface area (Å²) >= 11 is 0. The third-order valence-electron chi connectivity index (χ3n) is 2.43. The Hall–Kier alpha value is -1.94. The molecule has 10 heteroatoms. The summed E-state index contributed by atoms with van der Waals surface area (Å²) in [6, 6.07) is -1.43. The van der Waals surface area contributed by atoms with Gasteiger partial charge in [-0.2, -0.15) is 4.72 Å². The SMILES string of the molecule is COC(=O)CCC(NS(=O)(=O)c1cnc(C)[nH]1)C(=O)O. The van der Waals surface area contributed by atoms with Crippen molar-refractivity contribution in [2.24, 2.45) is 0 Å². The molecule has 0 aromatic carbocycles. The van der Waals surface area contributed by atoms with E-state index in [0.29, 0.717) is 5.82 Å². The van der Waals surface area contributed by atoms with Gasteiger partial charge in [-0.15, -0.1) is 0 Å². The van der Waals surface area contributed by atoms with E-state index < -0.39 is 28.0 Å². The van der Waals surface area contributed by atoms with Crippen LogP contribution in [0.4, 0.5) is 0 Å². The molecule has 0 fully saturated rings. The lowest BCUT2D eigenvalue weighted by Crippen LogP contribution is -2.41. The number of imidazole rings is 1. The summed E-state index contributed by atoms with van der Waals surface area (Å²) in [5.74, 6) is -1.62. The van der Waals surface area contributed by atoms with Gasteiger partial charge in [-0.1, -0.05) is 0 Å². The minimum atomic E-state index is -4.04. The molecular formula is C10H15N3O6S. The lowest BCUT2D eigenvalue weighted by molar-refractivity contribution is -0.142. The summed E-state index contributed by atoms with van der Waals surface area (Å²) in [6.07, 6.45) is 0.656. The predicted molar refractivity (Wildman–Crippen MR) is 66.3 cm³/mol. The molecule has 0 aliphatic rings. The zero-order valence-corrected chi connectivity index (χ0v) is 11.7. The van der Waals surface area contributed by atoms with Crippen LogP contribution >= 0.6 is 0 Å². The molecule has 3 N–H and O–H groups in total. The first-order chi connectivity index (χ1) is 9.26. The van der Waals surface area contributed by atoms with Gasteiger partial charge in [-0.05, 0) is 13.3 Å². The van der Waals surface area contributed by atoms with Crippen LogP contribution in [0.3, 0.4) is 0 Å². The Morgan fingerprint density at radius 1 is 1.55 bits per heavy atom. The minimum absolute atomic E-state index is 0.210. The van der Waals surface area contributed by atoms with Gasteiger partial charge in [0, 0.05) is 6.42 Å². The van der Waals surface area contributed by atoms with Crippen molar-refractivity contribution >= 4 is 22.0 Å². The zero-order valence-electron chi connectivity index (χ0n) is 10.9. The normalized spacial score (nSPS) is 12.9. The summed E-state index contributed by atoms with van der Waals surface area (Å²) < 4.78 is 30.2. The van der Waals surface area contributed by atoms with Crippen molar-refractivity contribution in [1.29, 1.82) is 0 Å². The topological polar surface area (TPSA) is 138 Å². The molecule has 112 valence electrons. The van der Waals surface area contributed by atoms with Gasteiger partial charge in [0.15, 0.2) is 5.03 Å². The van der Waals surface area contributed by atoms with E-state index in [2.05, 4.69) is 14.7 Å². The smallest absolute Gasteiger partial charge is 0.321 e. The number of carboxylic acids is 1. The van der Waals surface area contributed by atoms with Crippen LogP contribution in [0.1, 0.15) is 18.7 Å². The monoisotopic (exact) mass is 305 g/mol. The molecule has 9 nitrogen and oxygen atoms in total. The number of aliphatic carboxylic acids is 1. The van der Waals surface area contributed by atoms with Crippen molar-refractivity contribution in [1.82, 2.24) is 14.7 Å². The van der Waals surface area contributed by atoms with Crippen LogP contribution in [-0.2, 0) is 24.3 Å². The number of hydrogen-bond donors (Lipinski definition) is 3. The van der Waals surface area contributed by atoms with Gasteiger partial charge in [-0.3, -0.25) is 9.59 Å². The second kappa shape index (κ2) is 6.48. The average molecular weight is 305 g/mol. The standard InChI is InChI=1S/C10H15N3O6S/c1-6-11-5-8(12-6)20(17,18)13-7(10(15)16)3-4-9(14)19-2/h5,7,13H,3-4H2,1-2H3,(H,11,12)(H,15,16). The highest BCUT2D eigenvalue weighted by atomic mass is 32.2. The molecule has 1 unspecified atom stereocenters. The van der Waals surface area contributed by atoms with E-state index in [1.54, 1.807) is 6.92 Å². The highest BCUT2D eigenvalue weighted by Gasteiger charge is 2.27. The van der Waals surface area contributed by atoms with Crippen LogP contribution in [0, 0.1) is 6.92 Å². The van der Waals surface area contributed by atoms with Gasteiger partial charge < -0.3 is 14.8 Å². The molecule has 1 heterocycles. The highest BCUT2D eigenvalue weighted by Crippen LogP contribution is 2.08. The Kier molecular flexibility index (Phi) is 5.22. The maximum atomic E-state index is 11.9. The molecular weight excluding hydrogens is 290 g/mol. The fourth-order valence-electron chi connectivity index (χ4n) is 1.38. The Morgan fingerprint density at radius 2 is 2.20 bits per heavy atom. The van der Waals surface area contributed by atoms with Crippen LogP contribution in [0.25, 0.3) is 0 Å². The maximum absolute atomic E-state index is 11.9. The fourth-order valence-corrected chi connectivity index (χ4v) is 2.58. The van der Waals surface area contributed by atoms with E-state index in [4.69, 9.17) is 5.11 Å². The first-order valence-electron chi connectivity index (χ1n) is 5.60. The number of carbonyl (C=O) groups is 2. The average Bonchev–Trinajstić information content (AvgIpc) is 2.81. The quantitative estimate of drug-likeness (QED) is 0.572. The Morgan fingerprint density at radius 3 is 2.65 bits per heavy atom. The second-order valence-corrected chi connectivity index (χ2v) is 5.64. The molecule has 0 amide bonds. The number of ether oxygens (including phenoxy) is 1. The number of H-pyrrole nitrogens is 1. The molecule has 0 radical (unpaired) electrons. The number of sulfonamides is 1. The number of methoxy groups -OCH3 is 1. The molecule has 1 aromatic heterocycles. The van der Waals surface area contributed by atoms with Crippen molar-refractivity contribution in [3.8, 4) is 0 Å². The van der Waals surface area contributed by atoms with Crippen molar-refractivity contribution < 1.29 is 27.9 Å². The summed E-state index contributed by atoms with van der Waals surface area (Å²) in [5.41, 5.74) is 0. The number of aromatic amines is 1. The summed E-state index contributed by atoms with van der Waals surface area (Å²) in [7, 11) is -2.88. The number of hydrogen-bond acceptors (Lipinski definition) is 6. The van der Waals surface area contributed by atoms with Crippen LogP contribution < -0.4 is 4.72 Å². The summed E-state index contributed by atoms with van der Waals surface area (Å²) in [4.78, 5) is 28.2. The number of carbonyl (C=O) groups excluding carboxylic acids is 1. The fraction of sp³-hybridized carbons (Fsp3) is 0.500. The lowest BCUT2D eigenvalue weighted by atomic mass is 10.2. The first kappa shape index (κ1) is 16.1. The van der Waals surface area contributed by atoms with E-state index in [1.807, 2.05) is 4.72 Å². The van der Waals surface area contributed by atoms with E-state index in [1.165, 1.54) is 0 Å². The van der Waals surface area contributed by atoms with E-state index in [9.17, 15) is 18.0 Å². The van der Waals surface area contributed by atoms with Crippen molar-refractivity contribution in [3.63, 3.8) is 0 Å². The maximum Gasteiger partial charge on any atom is 0.321 e. The van der Waals surface area contributed by atoms with Gasteiger partial charge in [0.25, 0.3) is 10.0 Å². The van der Waals surface area contributed by atoms with Crippen molar-refractivity contribution in [3.05, 3.63) is 12.0 Å². The number of aromatic nitrogens is 2. The largest absolute Gasteiger partial charge is 0.480 e. The van der Waals surface area contributed by atoms with Gasteiger partial charge in [-0.25, -0.2) is 13.4 Å². The van der Waals surface area contributed by atoms with Gasteiger partial charge in [0.05, 0.1) is 13.3 Å². The molecule has 0 spiro atoms. The number of esters is 1. The molecule has 0 saturated heterocycles. The number of nitrogens with one attached hydrogen (secondary N) is 2. The van der Waals surface area contributed by atoms with E-state index in [-0.39, 0.29) is 17.9 Å². The summed E-state index contributed by atoms with van der Waals surface area (Å²) in [6.45, 7) is 1.56. The van der Waals surface area contributed by atoms with Crippen LogP contribution in [0.15, 0.2) is 11.2 Å².